The second-order valence-corrected chi connectivity index (χ2v) is 4.88. The molecule has 1 heterocycles. The molecule has 1 N–H and O–H groups in total. The number of nitrogens with zero attached hydrogens (tertiary/aromatic N) is 2. The van der Waals surface area contributed by atoms with Crippen molar-refractivity contribution in [2.45, 2.75) is 25.7 Å². The molecular weight excluding hydrogens is 232 g/mol. The molecule has 0 aromatic heterocycles. The molecule has 1 fully saturated rings. The predicted molar refractivity (Wildman–Crippen MR) is 70.9 cm³/mol. The van der Waals surface area contributed by atoms with Crippen molar-refractivity contribution >= 4 is 5.97 Å². The maximum atomic E-state index is 10.6. The Balaban J connectivity index is 2.20. The van der Waals surface area contributed by atoms with Crippen molar-refractivity contribution in [2.75, 3.05) is 53.0 Å². The summed E-state index contributed by atoms with van der Waals surface area (Å²) in [6.45, 7) is 6.74. The molecule has 1 rings (SSSR count). The molecule has 0 spiro atoms. The molecule has 1 aliphatic rings. The van der Waals surface area contributed by atoms with Crippen LogP contribution >= 0.6 is 0 Å². The number of rotatable bonds is 10. The fourth-order valence-corrected chi connectivity index (χ4v) is 2.31. The van der Waals surface area contributed by atoms with Crippen LogP contribution < -0.4 is 0 Å². The molecule has 0 aromatic carbocycles. The van der Waals surface area contributed by atoms with Gasteiger partial charge in [-0.05, 0) is 32.4 Å². The maximum absolute atomic E-state index is 10.6. The number of carboxylic acids is 1. The van der Waals surface area contributed by atoms with Crippen molar-refractivity contribution in [3.63, 3.8) is 0 Å². The third-order valence-corrected chi connectivity index (χ3v) is 3.40. The van der Waals surface area contributed by atoms with E-state index in [0.29, 0.717) is 6.54 Å². The quantitative estimate of drug-likeness (QED) is 0.590. The van der Waals surface area contributed by atoms with E-state index in [1.807, 2.05) is 0 Å². The van der Waals surface area contributed by atoms with Gasteiger partial charge in [-0.3, -0.25) is 4.79 Å². The molecule has 1 aliphatic heterocycles. The summed E-state index contributed by atoms with van der Waals surface area (Å²) in [6, 6.07) is 0. The van der Waals surface area contributed by atoms with E-state index in [1.54, 1.807) is 7.11 Å². The summed E-state index contributed by atoms with van der Waals surface area (Å²) in [5, 5.41) is 8.75. The number of ether oxygens (including phenoxy) is 1. The molecule has 18 heavy (non-hydrogen) atoms. The van der Waals surface area contributed by atoms with E-state index in [9.17, 15) is 4.79 Å². The number of carboxylic acid groups (broad SMARTS) is 1. The van der Waals surface area contributed by atoms with Crippen LogP contribution in [0.15, 0.2) is 0 Å². The van der Waals surface area contributed by atoms with E-state index in [-0.39, 0.29) is 6.42 Å². The van der Waals surface area contributed by atoms with Crippen LogP contribution in [0.3, 0.4) is 0 Å². The van der Waals surface area contributed by atoms with Crippen LogP contribution in [0.25, 0.3) is 0 Å². The smallest absolute Gasteiger partial charge is 0.304 e. The van der Waals surface area contributed by atoms with Crippen LogP contribution in [0.5, 0.6) is 0 Å². The van der Waals surface area contributed by atoms with Gasteiger partial charge in [0.05, 0.1) is 6.42 Å². The van der Waals surface area contributed by atoms with Gasteiger partial charge in [-0.1, -0.05) is 0 Å². The molecule has 0 aromatic rings. The fourth-order valence-electron chi connectivity index (χ4n) is 2.31. The highest BCUT2D eigenvalue weighted by Gasteiger charge is 2.13. The number of likely N-dealkylation sites (tertiary alicyclic amines) is 1. The first-order valence-electron chi connectivity index (χ1n) is 6.88. The van der Waals surface area contributed by atoms with Gasteiger partial charge in [0.15, 0.2) is 0 Å². The highest BCUT2D eigenvalue weighted by molar-refractivity contribution is 5.66. The first-order chi connectivity index (χ1) is 8.72. The molecule has 0 atom stereocenters. The standard InChI is InChI=1S/C13H26N2O3/c1-18-12-4-8-15(9-5-13(16)17)11-10-14-6-2-3-7-14/h2-12H2,1H3,(H,16,17). The average molecular weight is 258 g/mol. The molecule has 5 nitrogen and oxygen atoms in total. The Morgan fingerprint density at radius 2 is 2.00 bits per heavy atom. The maximum Gasteiger partial charge on any atom is 0.304 e. The summed E-state index contributed by atoms with van der Waals surface area (Å²) in [7, 11) is 1.70. The molecule has 0 saturated carbocycles. The number of hydrogen-bond acceptors (Lipinski definition) is 4. The number of hydrogen-bond donors (Lipinski definition) is 1. The van der Waals surface area contributed by atoms with E-state index in [2.05, 4.69) is 9.80 Å². The van der Waals surface area contributed by atoms with Crippen LogP contribution in [0, 0.1) is 0 Å². The normalized spacial score (nSPS) is 16.6. The second-order valence-electron chi connectivity index (χ2n) is 4.88. The molecule has 0 unspecified atom stereocenters. The van der Waals surface area contributed by atoms with Gasteiger partial charge in [0.25, 0.3) is 0 Å². The van der Waals surface area contributed by atoms with Crippen LogP contribution in [-0.4, -0.2) is 73.9 Å². The fraction of sp³-hybridized carbons (Fsp3) is 0.923. The average Bonchev–Trinajstić information content (AvgIpc) is 2.85. The van der Waals surface area contributed by atoms with Gasteiger partial charge < -0.3 is 19.6 Å². The lowest BCUT2D eigenvalue weighted by atomic mass is 10.3. The van der Waals surface area contributed by atoms with Crippen molar-refractivity contribution < 1.29 is 14.6 Å². The summed E-state index contributed by atoms with van der Waals surface area (Å²) in [4.78, 5) is 15.3. The third kappa shape index (κ3) is 6.93. The monoisotopic (exact) mass is 258 g/mol. The summed E-state index contributed by atoms with van der Waals surface area (Å²) in [5.41, 5.74) is 0. The summed E-state index contributed by atoms with van der Waals surface area (Å²) >= 11 is 0. The van der Waals surface area contributed by atoms with E-state index in [0.717, 1.165) is 32.7 Å². The number of carbonyl (C=O) groups is 1. The van der Waals surface area contributed by atoms with Crippen LogP contribution in [-0.2, 0) is 9.53 Å². The zero-order chi connectivity index (χ0) is 13.2. The minimum atomic E-state index is -0.715. The Morgan fingerprint density at radius 1 is 1.28 bits per heavy atom. The number of methoxy groups -OCH3 is 1. The van der Waals surface area contributed by atoms with Gasteiger partial charge in [0.1, 0.15) is 0 Å². The summed E-state index contributed by atoms with van der Waals surface area (Å²) < 4.78 is 5.04. The van der Waals surface area contributed by atoms with Crippen molar-refractivity contribution in [3.8, 4) is 0 Å². The van der Waals surface area contributed by atoms with E-state index >= 15 is 0 Å². The molecule has 1 saturated heterocycles. The van der Waals surface area contributed by atoms with Crippen molar-refractivity contribution in [3.05, 3.63) is 0 Å². The molecule has 0 aliphatic carbocycles. The van der Waals surface area contributed by atoms with Gasteiger partial charge in [-0.25, -0.2) is 0 Å². The lowest BCUT2D eigenvalue weighted by Gasteiger charge is -2.24. The van der Waals surface area contributed by atoms with E-state index < -0.39 is 5.97 Å². The van der Waals surface area contributed by atoms with Gasteiger partial charge in [0, 0.05) is 39.9 Å². The molecule has 0 amide bonds. The predicted octanol–water partition coefficient (Wildman–Crippen LogP) is 0.895. The Hall–Kier alpha value is -0.650. The zero-order valence-corrected chi connectivity index (χ0v) is 11.4. The topological polar surface area (TPSA) is 53.0 Å². The Labute approximate surface area is 110 Å². The second kappa shape index (κ2) is 9.30. The molecule has 0 bridgehead atoms. The van der Waals surface area contributed by atoms with Gasteiger partial charge in [-0.2, -0.15) is 0 Å². The van der Waals surface area contributed by atoms with Crippen LogP contribution in [0.1, 0.15) is 25.7 Å². The Bertz CT molecular complexity index is 230. The molecule has 0 radical (unpaired) electrons. The highest BCUT2D eigenvalue weighted by Crippen LogP contribution is 2.07. The SMILES string of the molecule is COCCCN(CCC(=O)O)CCN1CCCC1. The Morgan fingerprint density at radius 3 is 2.61 bits per heavy atom. The lowest BCUT2D eigenvalue weighted by Crippen LogP contribution is -2.36. The minimum Gasteiger partial charge on any atom is -0.481 e. The zero-order valence-electron chi connectivity index (χ0n) is 11.4. The lowest BCUT2D eigenvalue weighted by molar-refractivity contribution is -0.137. The first-order valence-corrected chi connectivity index (χ1v) is 6.88. The van der Waals surface area contributed by atoms with Crippen molar-refractivity contribution in [1.29, 1.82) is 0 Å². The summed E-state index contributed by atoms with van der Waals surface area (Å²) in [6.07, 6.45) is 3.81. The first kappa shape index (κ1) is 15.4. The minimum absolute atomic E-state index is 0.229. The highest BCUT2D eigenvalue weighted by atomic mass is 16.5. The van der Waals surface area contributed by atoms with Gasteiger partial charge in [-0.15, -0.1) is 0 Å². The largest absolute Gasteiger partial charge is 0.481 e. The summed E-state index contributed by atoms with van der Waals surface area (Å²) in [5.74, 6) is -0.715. The van der Waals surface area contributed by atoms with Crippen LogP contribution in [0.4, 0.5) is 0 Å². The van der Waals surface area contributed by atoms with Crippen molar-refractivity contribution in [1.82, 2.24) is 9.80 Å². The third-order valence-electron chi connectivity index (χ3n) is 3.40. The number of aliphatic carboxylic acids is 1. The van der Waals surface area contributed by atoms with Gasteiger partial charge >= 0.3 is 5.97 Å². The van der Waals surface area contributed by atoms with Gasteiger partial charge in [0.2, 0.25) is 0 Å². The Kier molecular flexibility index (Phi) is 7.96. The molecule has 5 heteroatoms. The van der Waals surface area contributed by atoms with E-state index in [1.165, 1.54) is 25.9 Å². The molecule has 106 valence electrons. The molecular formula is C13H26N2O3. The van der Waals surface area contributed by atoms with Crippen LogP contribution in [0.2, 0.25) is 0 Å². The van der Waals surface area contributed by atoms with Crippen molar-refractivity contribution in [2.24, 2.45) is 0 Å². The van der Waals surface area contributed by atoms with E-state index in [4.69, 9.17) is 9.84 Å².